The summed E-state index contributed by atoms with van der Waals surface area (Å²) in [6, 6.07) is 9.51. The van der Waals surface area contributed by atoms with Gasteiger partial charge in [-0.3, -0.25) is 14.0 Å². The number of carbonyl (C=O) groups excluding carboxylic acids is 1. The Bertz CT molecular complexity index is 1830. The molecule has 0 radical (unpaired) electrons. The molecule has 3 aromatic heterocycles. The monoisotopic (exact) mass is 511 g/mol. The van der Waals surface area contributed by atoms with Gasteiger partial charge in [0.15, 0.2) is 0 Å². The largest absolute Gasteiger partial charge is 0.381 e. The molecule has 1 saturated heterocycles. The summed E-state index contributed by atoms with van der Waals surface area (Å²) < 4.78 is 26.9. The highest BCUT2D eigenvalue weighted by molar-refractivity contribution is 6.03. The molecule has 2 aromatic carbocycles. The summed E-state index contributed by atoms with van der Waals surface area (Å²) in [6.07, 6.45) is 3.82. The third-order valence-electron chi connectivity index (χ3n) is 8.14. The number of H-pyrrole nitrogens is 1. The Morgan fingerprint density at radius 2 is 1.87 bits per heavy atom. The molecule has 1 fully saturated rings. The smallest absolute Gasteiger partial charge is 0.274 e. The molecule has 1 unspecified atom stereocenters. The predicted molar refractivity (Wildman–Crippen MR) is 135 cm³/mol. The second-order valence-electron chi connectivity index (χ2n) is 10.2. The van der Waals surface area contributed by atoms with E-state index in [0.29, 0.717) is 48.5 Å². The topological polar surface area (TPSA) is 106 Å². The first kappa shape index (κ1) is 21.7. The summed E-state index contributed by atoms with van der Waals surface area (Å²) in [4.78, 5) is 36.1. The van der Waals surface area contributed by atoms with Crippen molar-refractivity contribution in [1.29, 1.82) is 0 Å². The summed E-state index contributed by atoms with van der Waals surface area (Å²) in [5.74, 6) is 1.30. The van der Waals surface area contributed by atoms with E-state index in [1.54, 1.807) is 24.4 Å². The summed E-state index contributed by atoms with van der Waals surface area (Å²) in [5.41, 5.74) is 5.14. The second-order valence-corrected chi connectivity index (χ2v) is 10.2. The maximum atomic E-state index is 13.6. The lowest BCUT2D eigenvalue weighted by atomic mass is 9.90. The van der Waals surface area contributed by atoms with Gasteiger partial charge in [0.2, 0.25) is 0 Å². The van der Waals surface area contributed by atoms with Gasteiger partial charge in [0.05, 0.1) is 28.8 Å². The maximum Gasteiger partial charge on any atom is 0.274 e. The molecular weight excluding hydrogens is 489 g/mol. The molecule has 1 N–H and O–H groups in total. The van der Waals surface area contributed by atoms with Crippen molar-refractivity contribution < 1.29 is 18.4 Å². The van der Waals surface area contributed by atoms with Crippen LogP contribution in [-0.4, -0.2) is 50.1 Å². The fraction of sp³-hybridized carbons (Fsp3) is 0.286. The van der Waals surface area contributed by atoms with E-state index in [-0.39, 0.29) is 23.2 Å². The minimum atomic E-state index is -0.394. The minimum absolute atomic E-state index is 0.0972. The minimum Gasteiger partial charge on any atom is -0.381 e. The third-order valence-corrected chi connectivity index (χ3v) is 8.14. The van der Waals surface area contributed by atoms with Gasteiger partial charge in [0, 0.05) is 43.2 Å². The summed E-state index contributed by atoms with van der Waals surface area (Å²) in [6.45, 7) is 1.80. The predicted octanol–water partition coefficient (Wildman–Crippen LogP) is 3.97. The number of carbonyl (C=O) groups is 1. The van der Waals surface area contributed by atoms with E-state index < -0.39 is 6.04 Å². The molecule has 8 rings (SSSR count). The summed E-state index contributed by atoms with van der Waals surface area (Å²) in [7, 11) is 0. The zero-order chi connectivity index (χ0) is 25.5. The fourth-order valence-electron chi connectivity index (χ4n) is 6.32. The Balaban J connectivity index is 1.37. The molecule has 0 bridgehead atoms. The lowest BCUT2D eigenvalue weighted by Crippen LogP contribution is -2.34. The van der Waals surface area contributed by atoms with Crippen LogP contribution in [0.25, 0.3) is 27.8 Å². The number of hydrogen-bond donors (Lipinski definition) is 1. The highest BCUT2D eigenvalue weighted by atomic mass is 19.1. The number of halogens is 1. The number of ether oxygens (including phenoxy) is 1. The number of benzene rings is 2. The molecule has 3 aliphatic rings. The first-order valence-electron chi connectivity index (χ1n) is 12.8. The van der Waals surface area contributed by atoms with Crippen LogP contribution >= 0.6 is 0 Å². The molecule has 10 heteroatoms. The highest BCUT2D eigenvalue weighted by Gasteiger charge is 2.45. The van der Waals surface area contributed by atoms with Gasteiger partial charge in [0.1, 0.15) is 28.6 Å². The average molecular weight is 512 g/mol. The van der Waals surface area contributed by atoms with Crippen LogP contribution in [-0.2, 0) is 11.2 Å². The van der Waals surface area contributed by atoms with E-state index in [1.807, 2.05) is 15.4 Å². The zero-order valence-electron chi connectivity index (χ0n) is 20.2. The Morgan fingerprint density at radius 1 is 1.05 bits per heavy atom. The van der Waals surface area contributed by atoms with Crippen LogP contribution in [0.4, 0.5) is 4.39 Å². The Kier molecular flexibility index (Phi) is 4.49. The second kappa shape index (κ2) is 7.84. The number of aromatic amines is 1. The maximum absolute atomic E-state index is 13.6. The molecule has 5 aromatic rings. The molecule has 0 spiro atoms. The molecule has 9 nitrogen and oxygen atoms in total. The van der Waals surface area contributed by atoms with Crippen LogP contribution in [0.3, 0.4) is 0 Å². The van der Waals surface area contributed by atoms with Crippen molar-refractivity contribution in [3.63, 3.8) is 0 Å². The molecule has 38 heavy (non-hydrogen) atoms. The summed E-state index contributed by atoms with van der Waals surface area (Å²) >= 11 is 0. The number of aromatic nitrogens is 4. The van der Waals surface area contributed by atoms with Crippen molar-refractivity contribution in [2.45, 2.75) is 31.2 Å². The SMILES string of the molecule is O=C1c2cc3[nH]c(=O)c4cnc(C5CCOCC5)n4c3cc2C2c3c(-c4ccc(F)cc4)noc3CCN12. The number of rotatable bonds is 2. The van der Waals surface area contributed by atoms with E-state index in [4.69, 9.17) is 9.26 Å². The fourth-order valence-corrected chi connectivity index (χ4v) is 6.32. The van der Waals surface area contributed by atoms with Gasteiger partial charge in [0.25, 0.3) is 11.5 Å². The third kappa shape index (κ3) is 2.94. The van der Waals surface area contributed by atoms with Crippen LogP contribution in [0.15, 0.2) is 51.9 Å². The molecule has 0 aliphatic carbocycles. The number of amides is 1. The number of imidazole rings is 1. The Hall–Kier alpha value is -4.31. The molecule has 1 atom stereocenters. The lowest BCUT2D eigenvalue weighted by Gasteiger charge is -2.29. The lowest BCUT2D eigenvalue weighted by molar-refractivity contribution is 0.0734. The average Bonchev–Trinajstić information content (AvgIpc) is 3.64. The van der Waals surface area contributed by atoms with Crippen LogP contribution in [0.1, 0.15) is 57.9 Å². The number of fused-ring (bicyclic) bond motifs is 8. The van der Waals surface area contributed by atoms with Gasteiger partial charge in [-0.05, 0) is 54.8 Å². The van der Waals surface area contributed by atoms with Crippen LogP contribution in [0.2, 0.25) is 0 Å². The normalized spacial score (nSPS) is 19.2. The van der Waals surface area contributed by atoms with Gasteiger partial charge in [-0.2, -0.15) is 0 Å². The zero-order valence-corrected chi connectivity index (χ0v) is 20.2. The number of nitrogens with zero attached hydrogens (tertiary/aromatic N) is 4. The number of hydrogen-bond acceptors (Lipinski definition) is 6. The van der Waals surface area contributed by atoms with Crippen molar-refractivity contribution in [2.24, 2.45) is 0 Å². The van der Waals surface area contributed by atoms with E-state index in [2.05, 4.69) is 15.1 Å². The number of nitrogens with one attached hydrogen (secondary N) is 1. The van der Waals surface area contributed by atoms with E-state index in [1.165, 1.54) is 12.1 Å². The van der Waals surface area contributed by atoms with Gasteiger partial charge in [-0.15, -0.1) is 0 Å². The molecule has 1 amide bonds. The standard InChI is InChI=1S/C28H22FN5O4/c29-16-3-1-14(2-4-16)24-23-22(38-32-24)5-8-33-25(23)17-12-20-19(11-18(17)28(33)36)31-27(35)21-13-30-26(34(20)21)15-6-9-37-10-7-15/h1-4,11-13,15,25H,5-10H2,(H,31,35). The van der Waals surface area contributed by atoms with Crippen molar-refractivity contribution in [3.05, 3.63) is 87.0 Å². The van der Waals surface area contributed by atoms with E-state index in [9.17, 15) is 14.0 Å². The summed E-state index contributed by atoms with van der Waals surface area (Å²) in [5, 5.41) is 4.34. The Labute approximate surface area is 214 Å². The van der Waals surface area contributed by atoms with Crippen LogP contribution in [0.5, 0.6) is 0 Å². The molecule has 3 aliphatic heterocycles. The van der Waals surface area contributed by atoms with Gasteiger partial charge in [-0.1, -0.05) is 5.16 Å². The van der Waals surface area contributed by atoms with Gasteiger partial charge in [-0.25, -0.2) is 9.37 Å². The van der Waals surface area contributed by atoms with Crippen LogP contribution in [0, 0.1) is 5.82 Å². The molecule has 6 heterocycles. The molecule has 190 valence electrons. The van der Waals surface area contributed by atoms with Crippen molar-refractivity contribution in [1.82, 2.24) is 24.4 Å². The van der Waals surface area contributed by atoms with Crippen molar-refractivity contribution in [2.75, 3.05) is 19.8 Å². The quantitative estimate of drug-likeness (QED) is 0.385. The van der Waals surface area contributed by atoms with Gasteiger partial charge >= 0.3 is 0 Å². The van der Waals surface area contributed by atoms with E-state index in [0.717, 1.165) is 46.6 Å². The van der Waals surface area contributed by atoms with Crippen molar-refractivity contribution >= 4 is 22.5 Å². The van der Waals surface area contributed by atoms with Crippen LogP contribution < -0.4 is 5.56 Å². The molecule has 0 saturated carbocycles. The molecular formula is C28H22FN5O4. The highest BCUT2D eigenvalue weighted by Crippen LogP contribution is 2.47. The Morgan fingerprint density at radius 3 is 2.68 bits per heavy atom. The van der Waals surface area contributed by atoms with E-state index >= 15 is 0 Å². The van der Waals surface area contributed by atoms with Gasteiger partial charge < -0.3 is 19.1 Å². The first-order chi connectivity index (χ1) is 18.6. The van der Waals surface area contributed by atoms with Crippen molar-refractivity contribution in [3.8, 4) is 11.3 Å². The first-order valence-corrected chi connectivity index (χ1v) is 12.8.